The summed E-state index contributed by atoms with van der Waals surface area (Å²) in [6.45, 7) is 1.24. The first-order valence-electron chi connectivity index (χ1n) is 9.32. The zero-order chi connectivity index (χ0) is 18.4. The average molecular weight is 356 g/mol. The third-order valence-electron chi connectivity index (χ3n) is 5.30. The molecule has 1 amide bonds. The van der Waals surface area contributed by atoms with Crippen LogP contribution in [-0.2, 0) is 16.8 Å². The summed E-state index contributed by atoms with van der Waals surface area (Å²) in [7, 11) is 0. The number of halogens is 1. The van der Waals surface area contributed by atoms with Crippen molar-refractivity contribution in [1.82, 2.24) is 9.88 Å². The zero-order valence-corrected chi connectivity index (χ0v) is 14.9. The Labute approximate surface area is 153 Å². The Kier molecular flexibility index (Phi) is 5.86. The Morgan fingerprint density at radius 1 is 1.08 bits per heavy atom. The van der Waals surface area contributed by atoms with Gasteiger partial charge in [0.15, 0.2) is 0 Å². The van der Waals surface area contributed by atoms with Gasteiger partial charge in [-0.05, 0) is 49.4 Å². The van der Waals surface area contributed by atoms with Crippen molar-refractivity contribution in [3.63, 3.8) is 0 Å². The summed E-state index contributed by atoms with van der Waals surface area (Å²) in [6, 6.07) is 11.5. The number of unbranched alkanes of at least 4 members (excludes halogenated alkanes) is 1. The fourth-order valence-electron chi connectivity index (χ4n) is 3.82. The van der Waals surface area contributed by atoms with E-state index in [1.165, 1.54) is 12.1 Å². The highest BCUT2D eigenvalue weighted by Crippen LogP contribution is 2.41. The smallest absolute Gasteiger partial charge is 0.250 e. The molecule has 2 aromatic rings. The van der Waals surface area contributed by atoms with Crippen LogP contribution in [0, 0.1) is 5.82 Å². The van der Waals surface area contributed by atoms with Crippen molar-refractivity contribution in [2.24, 2.45) is 0 Å². The topological polar surface area (TPSA) is 51.1 Å². The van der Waals surface area contributed by atoms with Crippen LogP contribution >= 0.6 is 0 Å². The molecule has 138 valence electrons. The van der Waals surface area contributed by atoms with Crippen LogP contribution in [0.4, 0.5) is 4.39 Å². The van der Waals surface area contributed by atoms with Crippen LogP contribution in [0.5, 0.6) is 0 Å². The predicted molar refractivity (Wildman–Crippen MR) is 99.5 cm³/mol. The van der Waals surface area contributed by atoms with Gasteiger partial charge in [0.2, 0.25) is 11.5 Å². The van der Waals surface area contributed by atoms with E-state index in [0.29, 0.717) is 13.1 Å². The van der Waals surface area contributed by atoms with Gasteiger partial charge in [-0.1, -0.05) is 31.0 Å². The number of nitrogens with one attached hydrogen (secondary N) is 1. The number of rotatable bonds is 7. The molecule has 1 aliphatic rings. The highest BCUT2D eigenvalue weighted by molar-refractivity contribution is 5.88. The molecule has 1 aromatic carbocycles. The molecule has 0 atom stereocenters. The van der Waals surface area contributed by atoms with Gasteiger partial charge in [-0.3, -0.25) is 9.59 Å². The Bertz CT molecular complexity index is 792. The van der Waals surface area contributed by atoms with Gasteiger partial charge in [0.25, 0.3) is 0 Å². The highest BCUT2D eigenvalue weighted by Gasteiger charge is 2.42. The Balaban J connectivity index is 1.53. The number of carbonyl (C=O) groups is 1. The first-order chi connectivity index (χ1) is 12.6. The number of nitrogens with zero attached hydrogens (tertiary/aromatic N) is 1. The van der Waals surface area contributed by atoms with Crippen LogP contribution < -0.4 is 10.9 Å². The summed E-state index contributed by atoms with van der Waals surface area (Å²) in [5.41, 5.74) is 0.381. The van der Waals surface area contributed by atoms with E-state index in [2.05, 4.69) is 5.32 Å². The molecule has 0 spiro atoms. The predicted octanol–water partition coefficient (Wildman–Crippen LogP) is 3.40. The van der Waals surface area contributed by atoms with Crippen molar-refractivity contribution in [2.45, 2.75) is 50.5 Å². The molecule has 1 N–H and O–H groups in total. The maximum atomic E-state index is 13.2. The molecule has 0 unspecified atom stereocenters. The van der Waals surface area contributed by atoms with E-state index in [0.717, 1.165) is 44.1 Å². The molecule has 1 aromatic heterocycles. The van der Waals surface area contributed by atoms with E-state index in [1.54, 1.807) is 35.0 Å². The second-order valence-corrected chi connectivity index (χ2v) is 6.99. The van der Waals surface area contributed by atoms with Gasteiger partial charge in [0.05, 0.1) is 5.41 Å². The van der Waals surface area contributed by atoms with Crippen molar-refractivity contribution < 1.29 is 9.18 Å². The van der Waals surface area contributed by atoms with Gasteiger partial charge in [-0.2, -0.15) is 0 Å². The first kappa shape index (κ1) is 18.4. The molecule has 26 heavy (non-hydrogen) atoms. The summed E-state index contributed by atoms with van der Waals surface area (Å²) in [5.74, 6) is -0.239. The molecule has 0 bridgehead atoms. The summed E-state index contributed by atoms with van der Waals surface area (Å²) in [6.07, 6.45) is 7.07. The SMILES string of the molecule is O=C(NCCCCn1ccccc1=O)C1(c2ccc(F)cc2)CCCC1. The van der Waals surface area contributed by atoms with Crippen molar-refractivity contribution in [1.29, 1.82) is 0 Å². The zero-order valence-electron chi connectivity index (χ0n) is 14.9. The van der Waals surface area contributed by atoms with E-state index in [1.807, 2.05) is 6.07 Å². The summed E-state index contributed by atoms with van der Waals surface area (Å²) < 4.78 is 14.9. The molecule has 1 aliphatic carbocycles. The second kappa shape index (κ2) is 8.30. The number of hydrogen-bond acceptors (Lipinski definition) is 2. The van der Waals surface area contributed by atoms with Gasteiger partial charge in [-0.25, -0.2) is 4.39 Å². The number of aromatic nitrogens is 1. The molecule has 1 fully saturated rings. The van der Waals surface area contributed by atoms with E-state index < -0.39 is 5.41 Å². The van der Waals surface area contributed by atoms with Gasteiger partial charge in [0.1, 0.15) is 5.82 Å². The van der Waals surface area contributed by atoms with E-state index in [-0.39, 0.29) is 17.3 Å². The number of carbonyl (C=O) groups excluding carboxylic acids is 1. The fourth-order valence-corrected chi connectivity index (χ4v) is 3.82. The molecule has 0 radical (unpaired) electrons. The van der Waals surface area contributed by atoms with Crippen molar-refractivity contribution in [3.8, 4) is 0 Å². The van der Waals surface area contributed by atoms with Crippen LogP contribution in [0.3, 0.4) is 0 Å². The van der Waals surface area contributed by atoms with Gasteiger partial charge in [0, 0.05) is 25.4 Å². The van der Waals surface area contributed by atoms with Crippen LogP contribution in [0.1, 0.15) is 44.1 Å². The lowest BCUT2D eigenvalue weighted by molar-refractivity contribution is -0.126. The lowest BCUT2D eigenvalue weighted by Crippen LogP contribution is -2.43. The van der Waals surface area contributed by atoms with Crippen LogP contribution in [0.25, 0.3) is 0 Å². The largest absolute Gasteiger partial charge is 0.355 e. The molecule has 0 aliphatic heterocycles. The summed E-state index contributed by atoms with van der Waals surface area (Å²) in [4.78, 5) is 24.5. The minimum absolute atomic E-state index is 0.00208. The molecule has 0 saturated heterocycles. The number of pyridine rings is 1. The highest BCUT2D eigenvalue weighted by atomic mass is 19.1. The normalized spacial score (nSPS) is 15.7. The summed E-state index contributed by atoms with van der Waals surface area (Å²) >= 11 is 0. The van der Waals surface area contributed by atoms with Crippen molar-refractivity contribution in [2.75, 3.05) is 6.54 Å². The van der Waals surface area contributed by atoms with Gasteiger partial charge in [-0.15, -0.1) is 0 Å². The second-order valence-electron chi connectivity index (χ2n) is 6.99. The van der Waals surface area contributed by atoms with Gasteiger partial charge >= 0.3 is 0 Å². The molecule has 4 nitrogen and oxygen atoms in total. The number of benzene rings is 1. The van der Waals surface area contributed by atoms with Crippen LogP contribution in [0.15, 0.2) is 53.5 Å². The van der Waals surface area contributed by atoms with E-state index in [4.69, 9.17) is 0 Å². The lowest BCUT2D eigenvalue weighted by Gasteiger charge is -2.28. The Hall–Kier alpha value is -2.43. The third-order valence-corrected chi connectivity index (χ3v) is 5.30. The van der Waals surface area contributed by atoms with Crippen molar-refractivity contribution in [3.05, 3.63) is 70.4 Å². The van der Waals surface area contributed by atoms with Gasteiger partial charge < -0.3 is 9.88 Å². The van der Waals surface area contributed by atoms with Crippen LogP contribution in [-0.4, -0.2) is 17.0 Å². The number of aryl methyl sites for hydroxylation is 1. The molecule has 1 saturated carbocycles. The average Bonchev–Trinajstić information content (AvgIpc) is 3.14. The molecule has 5 heteroatoms. The first-order valence-corrected chi connectivity index (χ1v) is 9.32. The molecular weight excluding hydrogens is 331 g/mol. The number of hydrogen-bond donors (Lipinski definition) is 1. The van der Waals surface area contributed by atoms with Crippen LogP contribution in [0.2, 0.25) is 0 Å². The van der Waals surface area contributed by atoms with Crippen molar-refractivity contribution >= 4 is 5.91 Å². The monoisotopic (exact) mass is 356 g/mol. The van der Waals surface area contributed by atoms with E-state index in [9.17, 15) is 14.0 Å². The number of amides is 1. The summed E-state index contributed by atoms with van der Waals surface area (Å²) in [5, 5.41) is 3.06. The maximum Gasteiger partial charge on any atom is 0.250 e. The minimum Gasteiger partial charge on any atom is -0.355 e. The lowest BCUT2D eigenvalue weighted by atomic mass is 9.78. The molecule has 1 heterocycles. The maximum absolute atomic E-state index is 13.2. The standard InChI is InChI=1S/C21H25FN2O2/c22-18-10-8-17(9-11-18)21(12-2-3-13-21)20(26)23-14-4-6-16-24-15-5-1-7-19(24)25/h1,5,7-11,15H,2-4,6,12-14,16H2,(H,23,26). The Morgan fingerprint density at radius 2 is 1.81 bits per heavy atom. The Morgan fingerprint density at radius 3 is 2.50 bits per heavy atom. The van der Waals surface area contributed by atoms with E-state index >= 15 is 0 Å². The molecular formula is C21H25FN2O2. The fraction of sp³-hybridized carbons (Fsp3) is 0.429. The molecule has 3 rings (SSSR count). The quantitative estimate of drug-likeness (QED) is 0.773. The third kappa shape index (κ3) is 4.03. The minimum atomic E-state index is -0.524.